The topological polar surface area (TPSA) is 22.1 Å². The second-order valence-corrected chi connectivity index (χ2v) is 4.80. The number of methoxy groups -OCH3 is 1. The Balaban J connectivity index is 2.36. The summed E-state index contributed by atoms with van der Waals surface area (Å²) < 4.78 is 32.2. The smallest absolute Gasteiger partial charge is 0.162 e. The number of aromatic nitrogens is 1. The van der Waals surface area contributed by atoms with E-state index < -0.39 is 11.6 Å². The molecule has 0 spiro atoms. The molecule has 2 aromatic carbocycles. The van der Waals surface area contributed by atoms with Crippen LogP contribution in [0.15, 0.2) is 42.6 Å². The molecule has 0 bridgehead atoms. The Kier molecular flexibility index (Phi) is 3.29. The number of nitrogens with zero attached hydrogens (tertiary/aromatic N) is 1. The summed E-state index contributed by atoms with van der Waals surface area (Å²) in [4.78, 5) is 4.35. The summed E-state index contributed by atoms with van der Waals surface area (Å²) in [6.07, 6.45) is 1.71. The van der Waals surface area contributed by atoms with Crippen molar-refractivity contribution < 1.29 is 13.5 Å². The Labute approximate surface area is 121 Å². The summed E-state index contributed by atoms with van der Waals surface area (Å²) in [5.41, 5.74) is 3.13. The van der Waals surface area contributed by atoms with E-state index in [1.165, 1.54) is 7.11 Å². The maximum atomic E-state index is 13.6. The highest BCUT2D eigenvalue weighted by molar-refractivity contribution is 5.97. The van der Waals surface area contributed by atoms with Gasteiger partial charge in [0, 0.05) is 23.2 Å². The molecule has 0 atom stereocenters. The van der Waals surface area contributed by atoms with Crippen LogP contribution in [0.2, 0.25) is 0 Å². The van der Waals surface area contributed by atoms with Gasteiger partial charge in [-0.3, -0.25) is 4.98 Å². The third-order valence-corrected chi connectivity index (χ3v) is 3.50. The molecular formula is C17H13F2NO. The van der Waals surface area contributed by atoms with Crippen molar-refractivity contribution in [1.29, 1.82) is 0 Å². The molecule has 0 aliphatic rings. The standard InChI is InChI=1S/C17H13F2NO/c1-10-5-6-11(12-4-3-7-20-17(10)12)13-8-14(18)15(19)9-16(13)21-2/h3-9H,1-2H3. The number of aryl methyl sites for hydroxylation is 1. The summed E-state index contributed by atoms with van der Waals surface area (Å²) in [5.74, 6) is -1.53. The molecule has 0 N–H and O–H groups in total. The van der Waals surface area contributed by atoms with Gasteiger partial charge in [-0.1, -0.05) is 18.2 Å². The molecule has 0 saturated heterocycles. The van der Waals surface area contributed by atoms with Gasteiger partial charge in [-0.25, -0.2) is 8.78 Å². The zero-order valence-electron chi connectivity index (χ0n) is 11.7. The lowest BCUT2D eigenvalue weighted by Gasteiger charge is -2.12. The molecule has 3 rings (SSSR count). The fourth-order valence-electron chi connectivity index (χ4n) is 2.46. The second-order valence-electron chi connectivity index (χ2n) is 4.80. The predicted octanol–water partition coefficient (Wildman–Crippen LogP) is 4.50. The molecule has 2 nitrogen and oxygen atoms in total. The summed E-state index contributed by atoms with van der Waals surface area (Å²) in [5, 5.41) is 0.877. The van der Waals surface area contributed by atoms with Crippen molar-refractivity contribution in [2.75, 3.05) is 7.11 Å². The lowest BCUT2D eigenvalue weighted by molar-refractivity contribution is 0.408. The van der Waals surface area contributed by atoms with Crippen molar-refractivity contribution in [2.45, 2.75) is 6.92 Å². The molecule has 0 aliphatic carbocycles. The molecule has 0 amide bonds. The number of pyridine rings is 1. The minimum atomic E-state index is -0.926. The third-order valence-electron chi connectivity index (χ3n) is 3.50. The Hall–Kier alpha value is -2.49. The largest absolute Gasteiger partial charge is 0.496 e. The molecule has 106 valence electrons. The lowest BCUT2D eigenvalue weighted by atomic mass is 9.97. The van der Waals surface area contributed by atoms with Crippen LogP contribution in [0.5, 0.6) is 5.75 Å². The number of benzene rings is 2. The van der Waals surface area contributed by atoms with Gasteiger partial charge in [0.2, 0.25) is 0 Å². The van der Waals surface area contributed by atoms with E-state index >= 15 is 0 Å². The van der Waals surface area contributed by atoms with Gasteiger partial charge in [0.25, 0.3) is 0 Å². The van der Waals surface area contributed by atoms with Gasteiger partial charge in [0.1, 0.15) is 5.75 Å². The first-order chi connectivity index (χ1) is 10.1. The first kappa shape index (κ1) is 13.5. The number of ether oxygens (including phenoxy) is 1. The molecule has 0 aliphatic heterocycles. The number of rotatable bonds is 2. The molecule has 0 saturated carbocycles. The lowest BCUT2D eigenvalue weighted by Crippen LogP contribution is -1.94. The van der Waals surface area contributed by atoms with Crippen LogP contribution in [0.25, 0.3) is 22.0 Å². The third kappa shape index (κ3) is 2.23. The monoisotopic (exact) mass is 285 g/mol. The highest BCUT2D eigenvalue weighted by atomic mass is 19.2. The summed E-state index contributed by atoms with van der Waals surface area (Å²) in [6, 6.07) is 9.72. The van der Waals surface area contributed by atoms with Gasteiger partial charge in [-0.05, 0) is 30.2 Å². The maximum absolute atomic E-state index is 13.6. The van der Waals surface area contributed by atoms with E-state index in [1.807, 2.05) is 31.2 Å². The quantitative estimate of drug-likeness (QED) is 0.691. The highest BCUT2D eigenvalue weighted by Gasteiger charge is 2.15. The van der Waals surface area contributed by atoms with E-state index in [0.29, 0.717) is 11.3 Å². The second kappa shape index (κ2) is 5.13. The molecule has 3 aromatic rings. The maximum Gasteiger partial charge on any atom is 0.162 e. The van der Waals surface area contributed by atoms with Gasteiger partial charge < -0.3 is 4.74 Å². The van der Waals surface area contributed by atoms with E-state index in [9.17, 15) is 8.78 Å². The minimum Gasteiger partial charge on any atom is -0.496 e. The van der Waals surface area contributed by atoms with Gasteiger partial charge in [-0.2, -0.15) is 0 Å². The van der Waals surface area contributed by atoms with Crippen molar-refractivity contribution in [3.8, 4) is 16.9 Å². The van der Waals surface area contributed by atoms with Gasteiger partial charge >= 0.3 is 0 Å². The van der Waals surface area contributed by atoms with Gasteiger partial charge in [-0.15, -0.1) is 0 Å². The molecule has 0 fully saturated rings. The van der Waals surface area contributed by atoms with Crippen LogP contribution in [0.1, 0.15) is 5.56 Å². The van der Waals surface area contributed by atoms with Crippen molar-refractivity contribution in [2.24, 2.45) is 0 Å². The Morgan fingerprint density at radius 1 is 1.00 bits per heavy atom. The number of hydrogen-bond acceptors (Lipinski definition) is 2. The van der Waals surface area contributed by atoms with Crippen LogP contribution in [0, 0.1) is 18.6 Å². The van der Waals surface area contributed by atoms with E-state index in [0.717, 1.165) is 34.2 Å². The molecule has 4 heteroatoms. The van der Waals surface area contributed by atoms with Crippen LogP contribution >= 0.6 is 0 Å². The van der Waals surface area contributed by atoms with Crippen molar-refractivity contribution in [3.63, 3.8) is 0 Å². The summed E-state index contributed by atoms with van der Waals surface area (Å²) in [6.45, 7) is 1.96. The number of halogens is 2. The van der Waals surface area contributed by atoms with Crippen LogP contribution < -0.4 is 4.74 Å². The molecule has 0 unspecified atom stereocenters. The van der Waals surface area contributed by atoms with Crippen LogP contribution in [-0.2, 0) is 0 Å². The fourth-order valence-corrected chi connectivity index (χ4v) is 2.46. The Morgan fingerprint density at radius 3 is 2.52 bits per heavy atom. The molecule has 0 radical (unpaired) electrons. The van der Waals surface area contributed by atoms with Crippen molar-refractivity contribution in [1.82, 2.24) is 4.98 Å². The van der Waals surface area contributed by atoms with Crippen molar-refractivity contribution >= 4 is 10.9 Å². The van der Waals surface area contributed by atoms with E-state index in [2.05, 4.69) is 4.98 Å². The molecule has 21 heavy (non-hydrogen) atoms. The van der Waals surface area contributed by atoms with Crippen molar-refractivity contribution in [3.05, 3.63) is 59.8 Å². The fraction of sp³-hybridized carbons (Fsp3) is 0.118. The molecule has 1 aromatic heterocycles. The average molecular weight is 285 g/mol. The Morgan fingerprint density at radius 2 is 1.76 bits per heavy atom. The SMILES string of the molecule is COc1cc(F)c(F)cc1-c1ccc(C)c2ncccc12. The first-order valence-electron chi connectivity index (χ1n) is 6.49. The zero-order chi connectivity index (χ0) is 15.0. The normalized spacial score (nSPS) is 10.9. The minimum absolute atomic E-state index is 0.294. The number of hydrogen-bond donors (Lipinski definition) is 0. The predicted molar refractivity (Wildman–Crippen MR) is 78.4 cm³/mol. The van der Waals surface area contributed by atoms with Gasteiger partial charge in [0.15, 0.2) is 11.6 Å². The summed E-state index contributed by atoms with van der Waals surface area (Å²) >= 11 is 0. The Bertz CT molecular complexity index is 830. The molecular weight excluding hydrogens is 272 g/mol. The van der Waals surface area contributed by atoms with E-state index in [-0.39, 0.29) is 0 Å². The first-order valence-corrected chi connectivity index (χ1v) is 6.49. The van der Waals surface area contributed by atoms with E-state index in [4.69, 9.17) is 4.74 Å². The average Bonchev–Trinajstić information content (AvgIpc) is 2.50. The van der Waals surface area contributed by atoms with Crippen LogP contribution in [-0.4, -0.2) is 12.1 Å². The van der Waals surface area contributed by atoms with E-state index in [1.54, 1.807) is 6.20 Å². The highest BCUT2D eigenvalue weighted by Crippen LogP contribution is 2.36. The molecule has 1 heterocycles. The van der Waals surface area contributed by atoms with Gasteiger partial charge in [0.05, 0.1) is 12.6 Å². The number of fused-ring (bicyclic) bond motifs is 1. The zero-order valence-corrected chi connectivity index (χ0v) is 11.7. The van der Waals surface area contributed by atoms with Crippen LogP contribution in [0.4, 0.5) is 8.78 Å². The summed E-state index contributed by atoms with van der Waals surface area (Å²) in [7, 11) is 1.44. The van der Waals surface area contributed by atoms with Crippen LogP contribution in [0.3, 0.4) is 0 Å².